The van der Waals surface area contributed by atoms with Gasteiger partial charge in [0.2, 0.25) is 10.0 Å². The number of para-hydroxylation sites is 1. The first-order valence-electron chi connectivity index (χ1n) is 9.92. The van der Waals surface area contributed by atoms with Crippen molar-refractivity contribution in [3.8, 4) is 5.75 Å². The number of ether oxygens (including phenoxy) is 1. The van der Waals surface area contributed by atoms with Crippen molar-refractivity contribution in [3.05, 3.63) is 60.2 Å². The summed E-state index contributed by atoms with van der Waals surface area (Å²) in [5, 5.41) is 0. The Labute approximate surface area is 168 Å². The van der Waals surface area contributed by atoms with E-state index in [1.807, 2.05) is 36.4 Å². The fourth-order valence-electron chi connectivity index (χ4n) is 4.30. The summed E-state index contributed by atoms with van der Waals surface area (Å²) in [4.78, 5) is 2.66. The monoisotopic (exact) mass is 400 g/mol. The molecule has 0 amide bonds. The highest BCUT2D eigenvalue weighted by Gasteiger charge is 2.47. The molecule has 28 heavy (non-hydrogen) atoms. The van der Waals surface area contributed by atoms with E-state index in [2.05, 4.69) is 18.7 Å². The van der Waals surface area contributed by atoms with Gasteiger partial charge in [0.05, 0.1) is 6.54 Å². The van der Waals surface area contributed by atoms with Crippen LogP contribution in [0.3, 0.4) is 0 Å². The highest BCUT2D eigenvalue weighted by atomic mass is 32.2. The highest BCUT2D eigenvalue weighted by Crippen LogP contribution is 2.39. The summed E-state index contributed by atoms with van der Waals surface area (Å²) in [5.41, 5.74) is 0.473. The third-order valence-electron chi connectivity index (χ3n) is 5.48. The molecule has 5 nitrogen and oxygen atoms in total. The molecule has 4 rings (SSSR count). The second-order valence-corrected chi connectivity index (χ2v) is 10.3. The molecule has 0 radical (unpaired) electrons. The van der Waals surface area contributed by atoms with E-state index in [0.29, 0.717) is 24.8 Å². The normalized spacial score (nSPS) is 24.8. The van der Waals surface area contributed by atoms with Crippen molar-refractivity contribution in [1.82, 2.24) is 9.21 Å². The summed E-state index contributed by atoms with van der Waals surface area (Å²) in [5.74, 6) is 1.04. The minimum absolute atomic E-state index is 0.269. The van der Waals surface area contributed by atoms with Crippen molar-refractivity contribution in [1.29, 1.82) is 0 Å². The molecule has 1 spiro atoms. The van der Waals surface area contributed by atoms with Crippen LogP contribution in [0.4, 0.5) is 0 Å². The number of rotatable bonds is 4. The van der Waals surface area contributed by atoms with Gasteiger partial charge in [0.1, 0.15) is 16.2 Å². The van der Waals surface area contributed by atoms with Crippen LogP contribution in [0.1, 0.15) is 25.8 Å². The number of sulfonamides is 1. The van der Waals surface area contributed by atoms with Gasteiger partial charge in [0, 0.05) is 32.6 Å². The third kappa shape index (κ3) is 3.81. The quantitative estimate of drug-likeness (QED) is 0.790. The first-order valence-corrected chi connectivity index (χ1v) is 11.4. The third-order valence-corrected chi connectivity index (χ3v) is 7.31. The Hall–Kier alpha value is -1.89. The van der Waals surface area contributed by atoms with Crippen molar-refractivity contribution in [2.75, 3.05) is 26.2 Å². The van der Waals surface area contributed by atoms with Crippen molar-refractivity contribution in [2.24, 2.45) is 5.92 Å². The number of fused-ring (bicyclic) bond motifs is 1. The largest absolute Gasteiger partial charge is 0.483 e. The van der Waals surface area contributed by atoms with E-state index in [0.717, 1.165) is 31.6 Å². The van der Waals surface area contributed by atoms with Crippen LogP contribution < -0.4 is 4.74 Å². The summed E-state index contributed by atoms with van der Waals surface area (Å²) < 4.78 is 35.0. The number of benzene rings is 2. The average Bonchev–Trinajstić information content (AvgIpc) is 3.00. The summed E-state index contributed by atoms with van der Waals surface area (Å²) in [7, 11) is -3.63. The minimum atomic E-state index is -3.63. The number of nitrogens with zero attached hydrogens (tertiary/aromatic N) is 2. The lowest BCUT2D eigenvalue weighted by atomic mass is 10.0. The van der Waals surface area contributed by atoms with Crippen LogP contribution in [0.5, 0.6) is 5.75 Å². The van der Waals surface area contributed by atoms with Crippen molar-refractivity contribution < 1.29 is 13.2 Å². The molecule has 0 N–H and O–H groups in total. The lowest BCUT2D eigenvalue weighted by Crippen LogP contribution is -2.49. The zero-order chi connectivity index (χ0) is 19.8. The van der Waals surface area contributed by atoms with Gasteiger partial charge in [-0.2, -0.15) is 4.31 Å². The van der Waals surface area contributed by atoms with Crippen molar-refractivity contribution >= 4 is 10.0 Å². The average molecular weight is 401 g/mol. The molecular formula is C22H28N2O3S. The molecule has 1 atom stereocenters. The van der Waals surface area contributed by atoms with E-state index in [9.17, 15) is 8.42 Å². The van der Waals surface area contributed by atoms with Crippen molar-refractivity contribution in [2.45, 2.75) is 37.3 Å². The van der Waals surface area contributed by atoms with Gasteiger partial charge in [0.25, 0.3) is 0 Å². The maximum Gasteiger partial charge on any atom is 0.247 e. The second kappa shape index (κ2) is 7.50. The molecule has 2 heterocycles. The van der Waals surface area contributed by atoms with E-state index in [1.54, 1.807) is 22.5 Å². The molecule has 2 aliphatic heterocycles. The highest BCUT2D eigenvalue weighted by molar-refractivity contribution is 7.89. The van der Waals surface area contributed by atoms with E-state index in [4.69, 9.17) is 4.74 Å². The molecule has 150 valence electrons. The Morgan fingerprint density at radius 1 is 1.04 bits per heavy atom. The van der Waals surface area contributed by atoms with Gasteiger partial charge in [-0.25, -0.2) is 8.42 Å². The van der Waals surface area contributed by atoms with Crippen LogP contribution in [0, 0.1) is 5.92 Å². The van der Waals surface area contributed by atoms with Crippen LogP contribution in [0.25, 0.3) is 0 Å². The predicted octanol–water partition coefficient (Wildman–Crippen LogP) is 3.37. The van der Waals surface area contributed by atoms with Gasteiger partial charge in [-0.1, -0.05) is 56.3 Å². The Bertz CT molecular complexity index is 930. The Kier molecular flexibility index (Phi) is 5.21. The molecule has 0 bridgehead atoms. The molecule has 2 aromatic carbocycles. The van der Waals surface area contributed by atoms with E-state index in [-0.39, 0.29) is 4.90 Å². The van der Waals surface area contributed by atoms with Gasteiger partial charge in [-0.3, -0.25) is 4.90 Å². The SMILES string of the molecule is CC(C)CN1CC[C@]2(C1)CN(Cc1ccccc1)S(=O)(=O)c1ccccc1O2. The lowest BCUT2D eigenvalue weighted by Gasteiger charge is -2.32. The smallest absolute Gasteiger partial charge is 0.247 e. The van der Waals surface area contributed by atoms with Crippen LogP contribution in [0.15, 0.2) is 59.5 Å². The molecule has 0 saturated carbocycles. The van der Waals surface area contributed by atoms with Crippen molar-refractivity contribution in [3.63, 3.8) is 0 Å². The maximum absolute atomic E-state index is 13.5. The summed E-state index contributed by atoms with van der Waals surface area (Å²) in [6.45, 7) is 7.82. The fraction of sp³-hybridized carbons (Fsp3) is 0.455. The predicted molar refractivity (Wildman–Crippen MR) is 110 cm³/mol. The number of hydrogen-bond donors (Lipinski definition) is 0. The van der Waals surface area contributed by atoms with Crippen LogP contribution in [-0.2, 0) is 16.6 Å². The molecule has 2 aliphatic rings. The zero-order valence-corrected chi connectivity index (χ0v) is 17.4. The van der Waals surface area contributed by atoms with Crippen LogP contribution >= 0.6 is 0 Å². The van der Waals surface area contributed by atoms with Gasteiger partial charge < -0.3 is 4.74 Å². The van der Waals surface area contributed by atoms with Gasteiger partial charge in [-0.05, 0) is 23.6 Å². The summed E-state index contributed by atoms with van der Waals surface area (Å²) >= 11 is 0. The van der Waals surface area contributed by atoms with E-state index < -0.39 is 15.6 Å². The fourth-order valence-corrected chi connectivity index (χ4v) is 5.92. The lowest BCUT2D eigenvalue weighted by molar-refractivity contribution is 0.0566. The van der Waals surface area contributed by atoms with Gasteiger partial charge in [0.15, 0.2) is 0 Å². The molecule has 1 saturated heterocycles. The maximum atomic E-state index is 13.5. The van der Waals surface area contributed by atoms with E-state index >= 15 is 0 Å². The Balaban J connectivity index is 1.71. The Morgan fingerprint density at radius 2 is 1.75 bits per heavy atom. The van der Waals surface area contributed by atoms with Crippen LogP contribution in [-0.4, -0.2) is 49.4 Å². The Morgan fingerprint density at radius 3 is 2.50 bits per heavy atom. The molecule has 1 fully saturated rings. The minimum Gasteiger partial charge on any atom is -0.483 e. The topological polar surface area (TPSA) is 49.9 Å². The van der Waals surface area contributed by atoms with E-state index in [1.165, 1.54) is 0 Å². The first-order chi connectivity index (χ1) is 13.4. The van der Waals surface area contributed by atoms with Gasteiger partial charge in [-0.15, -0.1) is 0 Å². The van der Waals surface area contributed by atoms with Crippen LogP contribution in [0.2, 0.25) is 0 Å². The zero-order valence-electron chi connectivity index (χ0n) is 16.5. The molecular weight excluding hydrogens is 372 g/mol. The summed E-state index contributed by atoms with van der Waals surface area (Å²) in [6, 6.07) is 16.8. The standard InChI is InChI=1S/C22H28N2O3S/c1-18(2)14-23-13-12-22(16-23)17-24(15-19-8-4-3-5-9-19)28(25,26)21-11-7-6-10-20(21)27-22/h3-11,18H,12-17H2,1-2H3/t22-/m0/s1. The molecule has 2 aromatic rings. The second-order valence-electron chi connectivity index (χ2n) is 8.37. The molecule has 0 unspecified atom stereocenters. The van der Waals surface area contributed by atoms with Gasteiger partial charge >= 0.3 is 0 Å². The molecule has 0 aromatic heterocycles. The first kappa shape index (κ1) is 19.4. The molecule has 0 aliphatic carbocycles. The molecule has 6 heteroatoms. The number of hydrogen-bond acceptors (Lipinski definition) is 4. The summed E-state index contributed by atoms with van der Waals surface area (Å²) in [6.07, 6.45) is 0.828. The number of likely N-dealkylation sites (tertiary alicyclic amines) is 1.